The Bertz CT molecular complexity index is 1150. The number of rotatable bonds is 6. The number of benzene rings is 2. The van der Waals surface area contributed by atoms with Crippen LogP contribution in [0.25, 0.3) is 10.8 Å². The summed E-state index contributed by atoms with van der Waals surface area (Å²) in [7, 11) is -13.8. The third-order valence-corrected chi connectivity index (χ3v) is 8.48. The van der Waals surface area contributed by atoms with E-state index in [0.717, 1.165) is 0 Å². The van der Waals surface area contributed by atoms with Gasteiger partial charge in [0, 0.05) is 18.5 Å². The number of halogens is 6. The van der Waals surface area contributed by atoms with E-state index in [1.165, 1.54) is 12.1 Å². The predicted molar refractivity (Wildman–Crippen MR) is 98.8 cm³/mol. The lowest BCUT2D eigenvalue weighted by atomic mass is 9.95. The Balaban J connectivity index is 2.09. The van der Waals surface area contributed by atoms with Gasteiger partial charge < -0.3 is 9.47 Å². The van der Waals surface area contributed by atoms with Gasteiger partial charge >= 0.3 is 31.1 Å². The Morgan fingerprint density at radius 2 is 1.31 bits per heavy atom. The molecule has 15 heteroatoms. The SMILES string of the molecule is O=S(=O)(N(CCC1(c2cccc3ccccc23)OCCO1)S(=O)(=O)C(F)(F)F)C(F)(F)F. The van der Waals surface area contributed by atoms with Gasteiger partial charge in [0.1, 0.15) is 0 Å². The number of alkyl halides is 6. The molecule has 0 bridgehead atoms. The second kappa shape index (κ2) is 8.13. The molecule has 0 N–H and O–H groups in total. The van der Waals surface area contributed by atoms with Crippen molar-refractivity contribution in [1.82, 2.24) is 3.71 Å². The van der Waals surface area contributed by atoms with Gasteiger partial charge in [0.2, 0.25) is 0 Å². The van der Waals surface area contributed by atoms with Crippen molar-refractivity contribution in [2.75, 3.05) is 19.8 Å². The van der Waals surface area contributed by atoms with Gasteiger partial charge in [-0.15, -0.1) is 0 Å². The Hall–Kier alpha value is -1.94. The molecule has 1 saturated heterocycles. The molecule has 0 radical (unpaired) electrons. The molecule has 2 aromatic carbocycles. The van der Waals surface area contributed by atoms with E-state index in [2.05, 4.69) is 0 Å². The van der Waals surface area contributed by atoms with E-state index in [0.29, 0.717) is 10.8 Å². The fourth-order valence-electron chi connectivity index (χ4n) is 3.29. The molecule has 2 aromatic rings. The standard InChI is InChI=1S/C17H15F6NO6S2/c18-16(19,20)31(25,26)24(32(27,28)17(21,22)23)9-8-15(29-10-11-30-15)14-7-3-5-12-4-1-2-6-13(12)14/h1-7H,8-11H2. The molecule has 1 aliphatic heterocycles. The summed E-state index contributed by atoms with van der Waals surface area (Å²) in [4.78, 5) is 0. The fraction of sp³-hybridized carbons (Fsp3) is 0.412. The second-order valence-electron chi connectivity index (χ2n) is 6.62. The molecule has 1 fully saturated rings. The summed E-state index contributed by atoms with van der Waals surface area (Å²) < 4.78 is 134. The van der Waals surface area contributed by atoms with Crippen molar-refractivity contribution in [1.29, 1.82) is 0 Å². The maximum atomic E-state index is 13.0. The lowest BCUT2D eigenvalue weighted by Crippen LogP contribution is -2.50. The van der Waals surface area contributed by atoms with Gasteiger partial charge in [0.25, 0.3) is 0 Å². The maximum Gasteiger partial charge on any atom is 0.512 e. The van der Waals surface area contributed by atoms with Crippen molar-refractivity contribution < 1.29 is 52.7 Å². The van der Waals surface area contributed by atoms with Crippen molar-refractivity contribution in [2.24, 2.45) is 0 Å². The van der Waals surface area contributed by atoms with Crippen LogP contribution in [0, 0.1) is 0 Å². The van der Waals surface area contributed by atoms with Crippen molar-refractivity contribution in [3.05, 3.63) is 48.0 Å². The Kier molecular flexibility index (Phi) is 6.27. The number of hydrogen-bond donors (Lipinski definition) is 0. The number of sulfonamides is 2. The van der Waals surface area contributed by atoms with E-state index < -0.39 is 53.5 Å². The smallest absolute Gasteiger partial charge is 0.343 e. The molecule has 0 aromatic heterocycles. The van der Waals surface area contributed by atoms with Gasteiger partial charge in [0.15, 0.2) is 5.79 Å². The van der Waals surface area contributed by atoms with Crippen LogP contribution in [0.2, 0.25) is 0 Å². The van der Waals surface area contributed by atoms with Crippen LogP contribution in [0.3, 0.4) is 0 Å². The summed E-state index contributed by atoms with van der Waals surface area (Å²) in [5, 5.41) is 1.10. The summed E-state index contributed by atoms with van der Waals surface area (Å²) in [6.45, 7) is -1.95. The zero-order valence-electron chi connectivity index (χ0n) is 15.9. The molecule has 1 aliphatic rings. The Morgan fingerprint density at radius 1 is 0.812 bits per heavy atom. The third-order valence-electron chi connectivity index (χ3n) is 4.70. The number of ether oxygens (including phenoxy) is 2. The zero-order valence-corrected chi connectivity index (χ0v) is 17.5. The Labute approximate surface area is 178 Å². The monoisotopic (exact) mass is 507 g/mol. The normalized spacial score (nSPS) is 17.8. The van der Waals surface area contributed by atoms with Crippen molar-refractivity contribution in [3.63, 3.8) is 0 Å². The quantitative estimate of drug-likeness (QED) is 0.557. The highest BCUT2D eigenvalue weighted by Crippen LogP contribution is 2.41. The molecule has 1 heterocycles. The van der Waals surface area contributed by atoms with Crippen LogP contribution in [-0.2, 0) is 35.3 Å². The maximum absolute atomic E-state index is 13.0. The lowest BCUT2D eigenvalue weighted by molar-refractivity contribution is -0.170. The van der Waals surface area contributed by atoms with E-state index in [1.54, 1.807) is 30.3 Å². The number of nitrogens with zero attached hydrogens (tertiary/aromatic N) is 1. The van der Waals surface area contributed by atoms with Gasteiger partial charge in [-0.1, -0.05) is 46.2 Å². The summed E-state index contributed by atoms with van der Waals surface area (Å²) in [6, 6.07) is 11.2. The molecule has 0 spiro atoms. The molecule has 0 aliphatic carbocycles. The Morgan fingerprint density at radius 3 is 1.84 bits per heavy atom. The van der Waals surface area contributed by atoms with Crippen molar-refractivity contribution in [3.8, 4) is 0 Å². The molecule has 0 atom stereocenters. The molecule has 0 unspecified atom stereocenters. The van der Waals surface area contributed by atoms with E-state index in [-0.39, 0.29) is 18.8 Å². The zero-order chi connectivity index (χ0) is 24.0. The van der Waals surface area contributed by atoms with Gasteiger partial charge in [-0.05, 0) is 10.8 Å². The highest BCUT2D eigenvalue weighted by molar-refractivity contribution is 8.04. The molecule has 0 saturated carbocycles. The number of hydrogen-bond acceptors (Lipinski definition) is 6. The summed E-state index contributed by atoms with van der Waals surface area (Å²) >= 11 is 0. The molecule has 0 amide bonds. The summed E-state index contributed by atoms with van der Waals surface area (Å²) in [6.07, 6.45) is -0.967. The van der Waals surface area contributed by atoms with E-state index >= 15 is 0 Å². The van der Waals surface area contributed by atoms with Crippen LogP contribution in [0.4, 0.5) is 26.3 Å². The van der Waals surface area contributed by atoms with E-state index in [4.69, 9.17) is 9.47 Å². The number of fused-ring (bicyclic) bond motifs is 1. The fourth-order valence-corrected chi connectivity index (χ4v) is 5.95. The topological polar surface area (TPSA) is 90.0 Å². The van der Waals surface area contributed by atoms with Gasteiger partial charge in [-0.3, -0.25) is 0 Å². The molecule has 7 nitrogen and oxygen atoms in total. The van der Waals surface area contributed by atoms with Gasteiger partial charge in [-0.2, -0.15) is 26.3 Å². The van der Waals surface area contributed by atoms with Gasteiger partial charge in [0.05, 0.1) is 13.2 Å². The van der Waals surface area contributed by atoms with Crippen LogP contribution in [0.15, 0.2) is 42.5 Å². The molecule has 3 rings (SSSR count). The first-order valence-electron chi connectivity index (χ1n) is 8.80. The average molecular weight is 507 g/mol. The summed E-state index contributed by atoms with van der Waals surface area (Å²) in [5.41, 5.74) is -12.4. The molecule has 178 valence electrons. The first-order valence-corrected chi connectivity index (χ1v) is 11.7. The highest BCUT2D eigenvalue weighted by atomic mass is 32.3. The lowest BCUT2D eigenvalue weighted by Gasteiger charge is -2.31. The van der Waals surface area contributed by atoms with Crippen molar-refractivity contribution >= 4 is 30.8 Å². The van der Waals surface area contributed by atoms with E-state index in [9.17, 15) is 43.2 Å². The minimum Gasteiger partial charge on any atom is -0.343 e. The molecular formula is C17H15F6NO6S2. The van der Waals surface area contributed by atoms with Crippen molar-refractivity contribution in [2.45, 2.75) is 23.2 Å². The molecular weight excluding hydrogens is 492 g/mol. The summed E-state index contributed by atoms with van der Waals surface area (Å²) in [5.74, 6) is -1.97. The highest BCUT2D eigenvalue weighted by Gasteiger charge is 2.62. The van der Waals surface area contributed by atoms with Crippen LogP contribution in [0.1, 0.15) is 12.0 Å². The molecule has 32 heavy (non-hydrogen) atoms. The first-order chi connectivity index (χ1) is 14.6. The third kappa shape index (κ3) is 4.19. The predicted octanol–water partition coefficient (Wildman–Crippen LogP) is 3.43. The first kappa shape index (κ1) is 24.7. The van der Waals surface area contributed by atoms with Gasteiger partial charge in [-0.25, -0.2) is 16.8 Å². The van der Waals surface area contributed by atoms with Crippen LogP contribution in [-0.4, -0.2) is 51.3 Å². The minimum absolute atomic E-state index is 0.110. The largest absolute Gasteiger partial charge is 0.512 e. The van der Waals surface area contributed by atoms with E-state index in [1.807, 2.05) is 0 Å². The van der Waals surface area contributed by atoms with Crippen LogP contribution in [0.5, 0.6) is 0 Å². The average Bonchev–Trinajstić information content (AvgIpc) is 3.15. The van der Waals surface area contributed by atoms with Crippen LogP contribution >= 0.6 is 0 Å². The minimum atomic E-state index is -6.91. The second-order valence-corrected chi connectivity index (χ2v) is 10.6. The van der Waals surface area contributed by atoms with Crippen LogP contribution < -0.4 is 0 Å².